The van der Waals surface area contributed by atoms with Crippen molar-refractivity contribution in [2.24, 2.45) is 0 Å². The Morgan fingerprint density at radius 2 is 1.94 bits per heavy atom. The highest BCUT2D eigenvalue weighted by molar-refractivity contribution is 7.23. The minimum atomic E-state index is -2.14. The Morgan fingerprint density at radius 3 is 2.57 bits per heavy atom. The lowest BCUT2D eigenvalue weighted by Crippen LogP contribution is -2.42. The Kier molecular flexibility index (Phi) is 15.4. The first-order valence-corrected chi connectivity index (χ1v) is 19.6. The van der Waals surface area contributed by atoms with Crippen LogP contribution in [0.15, 0.2) is 18.2 Å². The Bertz CT molecular complexity index is 1960. The standard InChI is InChI=1S/C26H20ClF3N6O3S.C8H16FN.2C2H6/c1-38-26-33-20-18-16(39-7-6-36(24(18)34-26)11-4-5-35(10-11)25(37)22(27)30)8-13(19(20)29)12-2-3-15(28)21-17(12)14(9-31)23(32)40-21;1-2-3-4-8-5-7(9)6-10-8;2*1-2/h2-3,8,11,22H,4-7,10,32H2,1H3;7-8,10H,2-6H2,1H3;2*1-2H3. The number of thiophene rings is 1. The number of ether oxygens (including phenoxy) is 2. The average molecular weight is 794 g/mol. The lowest BCUT2D eigenvalue weighted by Gasteiger charge is -2.29. The lowest BCUT2D eigenvalue weighted by atomic mass is 9.96. The van der Waals surface area contributed by atoms with Gasteiger partial charge in [0.25, 0.3) is 11.5 Å². The van der Waals surface area contributed by atoms with E-state index < -0.39 is 29.3 Å². The van der Waals surface area contributed by atoms with Crippen LogP contribution in [0.25, 0.3) is 32.1 Å². The molecule has 3 aliphatic rings. The van der Waals surface area contributed by atoms with Gasteiger partial charge >= 0.3 is 6.01 Å². The summed E-state index contributed by atoms with van der Waals surface area (Å²) in [6.07, 6.45) is 4.25. The number of nitriles is 1. The van der Waals surface area contributed by atoms with Gasteiger partial charge in [-0.05, 0) is 37.0 Å². The maximum atomic E-state index is 16.4. The lowest BCUT2D eigenvalue weighted by molar-refractivity contribution is -0.132. The predicted octanol–water partition coefficient (Wildman–Crippen LogP) is 8.52. The van der Waals surface area contributed by atoms with Crippen molar-refractivity contribution in [3.05, 3.63) is 35.4 Å². The van der Waals surface area contributed by atoms with E-state index >= 15 is 4.39 Å². The summed E-state index contributed by atoms with van der Waals surface area (Å²) in [5, 5.41) is 13.5. The summed E-state index contributed by atoms with van der Waals surface area (Å²) in [5.74, 6) is -1.52. The second kappa shape index (κ2) is 19.5. The third-order valence-corrected chi connectivity index (χ3v) is 10.5. The molecule has 0 bridgehead atoms. The summed E-state index contributed by atoms with van der Waals surface area (Å²) in [6, 6.07) is 6.15. The van der Waals surface area contributed by atoms with Crippen LogP contribution in [0.3, 0.4) is 0 Å². The molecule has 2 fully saturated rings. The Morgan fingerprint density at radius 1 is 1.20 bits per heavy atom. The minimum Gasteiger partial charge on any atom is -0.491 e. The number of nitrogen functional groups attached to an aromatic ring is 1. The van der Waals surface area contributed by atoms with E-state index in [1.807, 2.05) is 38.7 Å². The number of amides is 1. The van der Waals surface area contributed by atoms with E-state index in [0.717, 1.165) is 24.2 Å². The molecule has 0 saturated carbocycles. The molecule has 16 heteroatoms. The fraction of sp³-hybridized carbons (Fsp3) is 0.526. The van der Waals surface area contributed by atoms with Crippen molar-refractivity contribution in [3.63, 3.8) is 0 Å². The first kappa shape index (κ1) is 42.6. The molecule has 7 rings (SSSR count). The van der Waals surface area contributed by atoms with Crippen molar-refractivity contribution < 1.29 is 31.8 Å². The number of rotatable bonds is 7. The zero-order valence-corrected chi connectivity index (χ0v) is 33.0. The molecule has 4 aromatic rings. The number of carbonyl (C=O) groups is 1. The van der Waals surface area contributed by atoms with Crippen LogP contribution < -0.4 is 25.4 Å². The molecule has 1 amide bonds. The molecular formula is C38H48ClF4N7O3S. The van der Waals surface area contributed by atoms with Crippen LogP contribution in [0.4, 0.5) is 28.4 Å². The smallest absolute Gasteiger partial charge is 0.318 e. The SMILES string of the molecule is CC.CC.CCCCC1CC(F)CN1.COc1nc2c3c(cc(-c4ccc(F)c5sc(N)c(C#N)c45)c(F)c3n1)OCCN2C1CCN(C(=O)C(F)Cl)C1. The third kappa shape index (κ3) is 8.87. The maximum Gasteiger partial charge on any atom is 0.318 e. The fourth-order valence-corrected chi connectivity index (χ4v) is 7.92. The molecule has 4 unspecified atom stereocenters. The highest BCUT2D eigenvalue weighted by Crippen LogP contribution is 2.46. The normalized spacial score (nSPS) is 19.3. The number of aromatic nitrogens is 2. The summed E-state index contributed by atoms with van der Waals surface area (Å²) < 4.78 is 68.6. The number of unbranched alkanes of at least 4 members (excludes halogenated alkanes) is 1. The van der Waals surface area contributed by atoms with Crippen LogP contribution in [-0.4, -0.2) is 84.6 Å². The minimum absolute atomic E-state index is 0.0377. The topological polar surface area (TPSA) is 130 Å². The number of halogens is 5. The van der Waals surface area contributed by atoms with E-state index in [9.17, 15) is 23.2 Å². The van der Waals surface area contributed by atoms with Crippen LogP contribution in [0.1, 0.15) is 72.3 Å². The molecule has 294 valence electrons. The zero-order chi connectivity index (χ0) is 39.7. The number of nitrogens with two attached hydrogens (primary N) is 1. The summed E-state index contributed by atoms with van der Waals surface area (Å²) in [4.78, 5) is 24.2. The summed E-state index contributed by atoms with van der Waals surface area (Å²) in [5.41, 5.74) is 4.10. The first-order chi connectivity index (χ1) is 26.1. The van der Waals surface area contributed by atoms with Crippen molar-refractivity contribution >= 4 is 60.7 Å². The number of nitrogens with one attached hydrogen (secondary N) is 1. The molecular weight excluding hydrogens is 746 g/mol. The number of alkyl halides is 3. The van der Waals surface area contributed by atoms with E-state index in [1.54, 1.807) is 0 Å². The van der Waals surface area contributed by atoms with Gasteiger partial charge in [-0.1, -0.05) is 65.1 Å². The van der Waals surface area contributed by atoms with Gasteiger partial charge in [-0.3, -0.25) is 4.79 Å². The maximum absolute atomic E-state index is 16.4. The number of carbonyl (C=O) groups excluding carboxylic acids is 1. The predicted molar refractivity (Wildman–Crippen MR) is 208 cm³/mol. The van der Waals surface area contributed by atoms with Crippen LogP contribution in [0.5, 0.6) is 11.8 Å². The molecule has 0 aliphatic carbocycles. The number of nitrogens with zero attached hydrogens (tertiary/aromatic N) is 5. The van der Waals surface area contributed by atoms with Gasteiger partial charge in [-0.2, -0.15) is 15.2 Å². The number of likely N-dealkylation sites (tertiary alicyclic amines) is 1. The molecule has 3 aliphatic heterocycles. The number of hydrogen-bond acceptors (Lipinski definition) is 10. The van der Waals surface area contributed by atoms with Crippen LogP contribution in [-0.2, 0) is 4.79 Å². The number of benzene rings is 2. The van der Waals surface area contributed by atoms with Gasteiger partial charge in [0.15, 0.2) is 5.82 Å². The number of anilines is 2. The molecule has 0 radical (unpaired) electrons. The van der Waals surface area contributed by atoms with Crippen LogP contribution in [0.2, 0.25) is 0 Å². The van der Waals surface area contributed by atoms with Gasteiger partial charge < -0.3 is 30.3 Å². The van der Waals surface area contributed by atoms with Crippen molar-refractivity contribution in [3.8, 4) is 29.0 Å². The number of fused-ring (bicyclic) bond motifs is 1. The van der Waals surface area contributed by atoms with Crippen molar-refractivity contribution in [2.75, 3.05) is 50.5 Å². The number of methoxy groups -OCH3 is 1. The largest absolute Gasteiger partial charge is 0.491 e. The van der Waals surface area contributed by atoms with Gasteiger partial charge in [-0.25, -0.2) is 17.6 Å². The molecule has 2 saturated heterocycles. The number of hydrogen-bond donors (Lipinski definition) is 2. The molecule has 0 spiro atoms. The van der Waals surface area contributed by atoms with E-state index in [0.29, 0.717) is 37.9 Å². The average Bonchev–Trinajstić information content (AvgIpc) is 3.90. The zero-order valence-electron chi connectivity index (χ0n) is 31.4. The highest BCUT2D eigenvalue weighted by Gasteiger charge is 2.37. The quantitative estimate of drug-likeness (QED) is 0.140. The highest BCUT2D eigenvalue weighted by atomic mass is 35.5. The molecule has 10 nitrogen and oxygen atoms in total. The van der Waals surface area contributed by atoms with Crippen molar-refractivity contribution in [1.82, 2.24) is 20.2 Å². The monoisotopic (exact) mass is 793 g/mol. The Balaban J connectivity index is 0.000000397. The first-order valence-electron chi connectivity index (χ1n) is 18.4. The van der Waals surface area contributed by atoms with Crippen LogP contribution >= 0.6 is 22.9 Å². The van der Waals surface area contributed by atoms with E-state index in [2.05, 4.69) is 22.2 Å². The van der Waals surface area contributed by atoms with E-state index in [-0.39, 0.29) is 73.6 Å². The fourth-order valence-electron chi connectivity index (χ4n) is 6.83. The van der Waals surface area contributed by atoms with E-state index in [1.165, 1.54) is 43.1 Å². The van der Waals surface area contributed by atoms with Gasteiger partial charge in [0.05, 0.1) is 29.3 Å². The summed E-state index contributed by atoms with van der Waals surface area (Å²) in [6.45, 7) is 11.7. The molecule has 2 aromatic carbocycles. The van der Waals surface area contributed by atoms with Gasteiger partial charge in [0.2, 0.25) is 0 Å². The van der Waals surface area contributed by atoms with Crippen molar-refractivity contribution in [2.45, 2.75) is 90.6 Å². The van der Waals surface area contributed by atoms with Crippen LogP contribution in [0, 0.1) is 23.0 Å². The van der Waals surface area contributed by atoms with Gasteiger partial charge in [0.1, 0.15) is 46.8 Å². The second-order valence-electron chi connectivity index (χ2n) is 12.4. The Hall–Kier alpha value is -4.13. The Labute approximate surface area is 322 Å². The van der Waals surface area contributed by atoms with Crippen molar-refractivity contribution in [1.29, 1.82) is 5.26 Å². The molecule has 4 atom stereocenters. The van der Waals surface area contributed by atoms with E-state index in [4.69, 9.17) is 26.8 Å². The van der Waals surface area contributed by atoms with Gasteiger partial charge in [-0.15, -0.1) is 11.3 Å². The molecule has 5 heterocycles. The summed E-state index contributed by atoms with van der Waals surface area (Å²) in [7, 11) is 1.35. The second-order valence-corrected chi connectivity index (χ2v) is 13.8. The molecule has 54 heavy (non-hydrogen) atoms. The molecule has 3 N–H and O–H groups in total. The summed E-state index contributed by atoms with van der Waals surface area (Å²) >= 11 is 6.29. The third-order valence-electron chi connectivity index (χ3n) is 9.28. The molecule has 2 aromatic heterocycles. The van der Waals surface area contributed by atoms with Gasteiger partial charge in [0, 0.05) is 42.7 Å².